The van der Waals surface area contributed by atoms with Crippen LogP contribution in [0.1, 0.15) is 29.2 Å². The van der Waals surface area contributed by atoms with Crippen LogP contribution in [-0.4, -0.2) is 9.55 Å². The Bertz CT molecular complexity index is 460. The molecule has 2 heterocycles. The van der Waals surface area contributed by atoms with Crippen LogP contribution in [0.4, 0.5) is 0 Å². The van der Waals surface area contributed by atoms with Crippen LogP contribution in [-0.2, 0) is 6.54 Å². The first-order valence-electron chi connectivity index (χ1n) is 5.29. The molecule has 1 atom stereocenters. The van der Waals surface area contributed by atoms with E-state index in [9.17, 15) is 0 Å². The minimum Gasteiger partial charge on any atom is -0.334 e. The van der Waals surface area contributed by atoms with Gasteiger partial charge in [-0.15, -0.1) is 11.3 Å². The molecule has 4 nitrogen and oxygen atoms in total. The number of aryl methyl sites for hydroxylation is 2. The van der Waals surface area contributed by atoms with E-state index in [1.807, 2.05) is 12.4 Å². The number of nitrogens with two attached hydrogens (primary N) is 1. The van der Waals surface area contributed by atoms with Crippen LogP contribution >= 0.6 is 11.3 Å². The highest BCUT2D eigenvalue weighted by Gasteiger charge is 2.20. The van der Waals surface area contributed by atoms with E-state index in [0.717, 1.165) is 12.4 Å². The summed E-state index contributed by atoms with van der Waals surface area (Å²) in [7, 11) is 0. The molecule has 2 rings (SSSR count). The van der Waals surface area contributed by atoms with E-state index < -0.39 is 0 Å². The number of nitrogens with one attached hydrogen (secondary N) is 1. The summed E-state index contributed by atoms with van der Waals surface area (Å²) in [4.78, 5) is 5.61. The number of aromatic nitrogens is 2. The molecule has 0 radical (unpaired) electrons. The first-order valence-corrected chi connectivity index (χ1v) is 6.17. The van der Waals surface area contributed by atoms with Gasteiger partial charge in [0.1, 0.15) is 11.9 Å². The minimum atomic E-state index is -0.0186. The lowest BCUT2D eigenvalue weighted by molar-refractivity contribution is 0.566. The molecule has 16 heavy (non-hydrogen) atoms. The third-order valence-electron chi connectivity index (χ3n) is 2.68. The van der Waals surface area contributed by atoms with Crippen molar-refractivity contribution >= 4 is 11.3 Å². The summed E-state index contributed by atoms with van der Waals surface area (Å²) in [6, 6.07) is 2.08. The Kier molecular flexibility index (Phi) is 3.38. The Morgan fingerprint density at radius 2 is 2.44 bits per heavy atom. The largest absolute Gasteiger partial charge is 0.334 e. The van der Waals surface area contributed by atoms with Gasteiger partial charge in [0.15, 0.2) is 0 Å². The molecule has 0 aliphatic carbocycles. The summed E-state index contributed by atoms with van der Waals surface area (Å²) in [5.41, 5.74) is 4.10. The van der Waals surface area contributed by atoms with Crippen molar-refractivity contribution in [1.29, 1.82) is 0 Å². The third-order valence-corrected chi connectivity index (χ3v) is 3.76. The van der Waals surface area contributed by atoms with Gasteiger partial charge in [0.05, 0.1) is 0 Å². The number of imidazole rings is 1. The van der Waals surface area contributed by atoms with Gasteiger partial charge < -0.3 is 4.57 Å². The van der Waals surface area contributed by atoms with Crippen molar-refractivity contribution < 1.29 is 0 Å². The molecule has 1 unspecified atom stereocenters. The number of rotatable bonds is 4. The Balaban J connectivity index is 2.40. The van der Waals surface area contributed by atoms with Gasteiger partial charge in [-0.3, -0.25) is 5.84 Å². The van der Waals surface area contributed by atoms with Crippen LogP contribution < -0.4 is 11.3 Å². The zero-order valence-electron chi connectivity index (χ0n) is 9.47. The maximum atomic E-state index is 5.65. The van der Waals surface area contributed by atoms with E-state index in [0.29, 0.717) is 0 Å². The van der Waals surface area contributed by atoms with Crippen LogP contribution in [0.15, 0.2) is 23.8 Å². The predicted molar refractivity (Wildman–Crippen MR) is 66.1 cm³/mol. The number of hydrazine groups is 1. The number of hydrogen-bond acceptors (Lipinski definition) is 4. The Labute approximate surface area is 99.1 Å². The molecule has 0 saturated carbocycles. The fraction of sp³-hybridized carbons (Fsp3) is 0.364. The van der Waals surface area contributed by atoms with E-state index in [4.69, 9.17) is 5.84 Å². The number of thiophene rings is 1. The van der Waals surface area contributed by atoms with Crippen molar-refractivity contribution in [3.05, 3.63) is 40.1 Å². The fourth-order valence-electron chi connectivity index (χ4n) is 1.80. The lowest BCUT2D eigenvalue weighted by Gasteiger charge is -2.16. The van der Waals surface area contributed by atoms with E-state index in [2.05, 4.69) is 40.3 Å². The third kappa shape index (κ3) is 1.89. The molecule has 0 aliphatic rings. The van der Waals surface area contributed by atoms with Crippen LogP contribution in [0, 0.1) is 6.92 Å². The molecule has 0 saturated heterocycles. The van der Waals surface area contributed by atoms with E-state index >= 15 is 0 Å². The van der Waals surface area contributed by atoms with Gasteiger partial charge in [0.2, 0.25) is 0 Å². The number of hydrogen-bond donors (Lipinski definition) is 2. The van der Waals surface area contributed by atoms with Crippen molar-refractivity contribution in [2.75, 3.05) is 0 Å². The molecular weight excluding hydrogens is 220 g/mol. The van der Waals surface area contributed by atoms with Crippen LogP contribution in [0.5, 0.6) is 0 Å². The second kappa shape index (κ2) is 4.78. The zero-order valence-corrected chi connectivity index (χ0v) is 10.3. The average Bonchev–Trinajstić information content (AvgIpc) is 2.90. The van der Waals surface area contributed by atoms with Crippen molar-refractivity contribution in [1.82, 2.24) is 15.0 Å². The van der Waals surface area contributed by atoms with Crippen LogP contribution in [0.25, 0.3) is 0 Å². The zero-order chi connectivity index (χ0) is 11.5. The fourth-order valence-corrected chi connectivity index (χ4v) is 2.78. The maximum absolute atomic E-state index is 5.65. The SMILES string of the molecule is CCn1ccnc1C(NN)c1sccc1C. The highest BCUT2D eigenvalue weighted by molar-refractivity contribution is 7.10. The van der Waals surface area contributed by atoms with Gasteiger partial charge in [-0.25, -0.2) is 10.4 Å². The highest BCUT2D eigenvalue weighted by Crippen LogP contribution is 2.27. The molecule has 0 aromatic carbocycles. The summed E-state index contributed by atoms with van der Waals surface area (Å²) in [6.07, 6.45) is 3.79. The summed E-state index contributed by atoms with van der Waals surface area (Å²) in [6.45, 7) is 5.09. The second-order valence-corrected chi connectivity index (χ2v) is 4.59. The quantitative estimate of drug-likeness (QED) is 0.629. The molecule has 0 aliphatic heterocycles. The van der Waals surface area contributed by atoms with Gasteiger partial charge in [-0.05, 0) is 30.9 Å². The maximum Gasteiger partial charge on any atom is 0.132 e. The molecule has 0 amide bonds. The molecule has 2 aromatic heterocycles. The Morgan fingerprint density at radius 1 is 1.62 bits per heavy atom. The van der Waals surface area contributed by atoms with E-state index in [1.165, 1.54) is 10.4 Å². The molecule has 0 spiro atoms. The van der Waals surface area contributed by atoms with E-state index in [-0.39, 0.29) is 6.04 Å². The van der Waals surface area contributed by atoms with Crippen molar-refractivity contribution in [2.45, 2.75) is 26.4 Å². The first kappa shape index (κ1) is 11.3. The second-order valence-electron chi connectivity index (χ2n) is 3.64. The molecule has 86 valence electrons. The topological polar surface area (TPSA) is 55.9 Å². The highest BCUT2D eigenvalue weighted by atomic mass is 32.1. The van der Waals surface area contributed by atoms with Crippen molar-refractivity contribution in [2.24, 2.45) is 5.84 Å². The van der Waals surface area contributed by atoms with Gasteiger partial charge in [-0.1, -0.05) is 0 Å². The molecule has 3 N–H and O–H groups in total. The minimum absolute atomic E-state index is 0.0186. The molecular formula is C11H16N4S. The standard InChI is InChI=1S/C11H16N4S/c1-3-15-6-5-13-11(15)9(14-12)10-8(2)4-7-16-10/h4-7,9,14H,3,12H2,1-2H3. The average molecular weight is 236 g/mol. The monoisotopic (exact) mass is 236 g/mol. The van der Waals surface area contributed by atoms with Gasteiger partial charge >= 0.3 is 0 Å². The summed E-state index contributed by atoms with van der Waals surface area (Å²) in [5, 5.41) is 2.08. The number of nitrogens with zero attached hydrogens (tertiary/aromatic N) is 2. The molecule has 0 bridgehead atoms. The van der Waals surface area contributed by atoms with Gasteiger partial charge in [0, 0.05) is 23.8 Å². The van der Waals surface area contributed by atoms with Crippen molar-refractivity contribution in [3.8, 4) is 0 Å². The van der Waals surface area contributed by atoms with Crippen molar-refractivity contribution in [3.63, 3.8) is 0 Å². The Hall–Kier alpha value is -1.17. The van der Waals surface area contributed by atoms with Gasteiger partial charge in [0.25, 0.3) is 0 Å². The summed E-state index contributed by atoms with van der Waals surface area (Å²) < 4.78 is 2.10. The first-order chi connectivity index (χ1) is 7.77. The van der Waals surface area contributed by atoms with Crippen LogP contribution in [0.2, 0.25) is 0 Å². The van der Waals surface area contributed by atoms with Gasteiger partial charge in [-0.2, -0.15) is 0 Å². The predicted octanol–water partition coefficient (Wildman–Crippen LogP) is 1.83. The lowest BCUT2D eigenvalue weighted by Crippen LogP contribution is -2.30. The molecule has 2 aromatic rings. The molecule has 5 heteroatoms. The van der Waals surface area contributed by atoms with E-state index in [1.54, 1.807) is 11.3 Å². The molecule has 0 fully saturated rings. The summed E-state index contributed by atoms with van der Waals surface area (Å²) >= 11 is 1.70. The smallest absolute Gasteiger partial charge is 0.132 e. The van der Waals surface area contributed by atoms with Crippen LogP contribution in [0.3, 0.4) is 0 Å². The summed E-state index contributed by atoms with van der Waals surface area (Å²) in [5.74, 6) is 6.62. The Morgan fingerprint density at radius 3 is 3.00 bits per heavy atom. The lowest BCUT2D eigenvalue weighted by atomic mass is 10.1. The normalized spacial score (nSPS) is 12.9.